The van der Waals surface area contributed by atoms with Crippen LogP contribution in [0.4, 0.5) is 0 Å². The van der Waals surface area contributed by atoms with Crippen LogP contribution in [0.1, 0.15) is 49.8 Å². The van der Waals surface area contributed by atoms with Crippen molar-refractivity contribution in [3.05, 3.63) is 29.6 Å². The lowest BCUT2D eigenvalue weighted by Gasteiger charge is -2.34. The largest absolute Gasteiger partial charge is 0.330 e. The Bertz CT molecular complexity index is 372. The Labute approximate surface area is 117 Å². The average Bonchev–Trinajstić information content (AvgIpc) is 2.46. The zero-order chi connectivity index (χ0) is 13.5. The molecule has 0 amide bonds. The lowest BCUT2D eigenvalue weighted by Crippen LogP contribution is -2.38. The summed E-state index contributed by atoms with van der Waals surface area (Å²) in [5, 5.41) is 0. The van der Waals surface area contributed by atoms with E-state index in [4.69, 9.17) is 5.73 Å². The van der Waals surface area contributed by atoms with E-state index in [1.807, 2.05) is 12.3 Å². The minimum atomic E-state index is 0.738. The summed E-state index contributed by atoms with van der Waals surface area (Å²) < 4.78 is 0. The second-order valence-electron chi connectivity index (χ2n) is 5.67. The number of rotatable bonds is 6. The van der Waals surface area contributed by atoms with Crippen LogP contribution in [0, 0.1) is 6.92 Å². The van der Waals surface area contributed by atoms with Crippen molar-refractivity contribution in [2.45, 2.75) is 58.0 Å². The van der Waals surface area contributed by atoms with Crippen LogP contribution in [-0.2, 0) is 6.54 Å². The highest BCUT2D eigenvalue weighted by atomic mass is 15.2. The molecule has 1 saturated carbocycles. The number of nitrogens with zero attached hydrogens (tertiary/aromatic N) is 2. The third-order valence-corrected chi connectivity index (χ3v) is 4.21. The zero-order valence-electron chi connectivity index (χ0n) is 12.1. The second-order valence-corrected chi connectivity index (χ2v) is 5.67. The normalized spacial score (nSPS) is 17.0. The topological polar surface area (TPSA) is 42.2 Å². The van der Waals surface area contributed by atoms with Gasteiger partial charge in [0.05, 0.1) is 5.69 Å². The number of aryl methyl sites for hydroxylation is 1. The Morgan fingerprint density at radius 1 is 1.32 bits per heavy atom. The Hall–Kier alpha value is -0.930. The van der Waals surface area contributed by atoms with Crippen molar-refractivity contribution in [2.75, 3.05) is 13.1 Å². The van der Waals surface area contributed by atoms with Crippen LogP contribution >= 0.6 is 0 Å². The molecule has 1 fully saturated rings. The fourth-order valence-electron chi connectivity index (χ4n) is 3.01. The molecule has 0 atom stereocenters. The molecular weight excluding hydrogens is 234 g/mol. The maximum Gasteiger partial charge on any atom is 0.0573 e. The summed E-state index contributed by atoms with van der Waals surface area (Å²) in [6, 6.07) is 4.91. The molecule has 19 heavy (non-hydrogen) atoms. The molecule has 0 spiro atoms. The first-order valence-electron chi connectivity index (χ1n) is 7.66. The molecule has 106 valence electrons. The molecule has 1 aliphatic carbocycles. The maximum absolute atomic E-state index is 5.69. The summed E-state index contributed by atoms with van der Waals surface area (Å²) in [4.78, 5) is 7.16. The van der Waals surface area contributed by atoms with Gasteiger partial charge in [0.1, 0.15) is 0 Å². The van der Waals surface area contributed by atoms with Crippen LogP contribution in [-0.4, -0.2) is 29.0 Å². The maximum atomic E-state index is 5.69. The average molecular weight is 261 g/mol. The molecule has 2 N–H and O–H groups in total. The predicted octanol–water partition coefficient (Wildman–Crippen LogP) is 2.87. The molecule has 1 aliphatic rings. The van der Waals surface area contributed by atoms with Crippen molar-refractivity contribution in [1.82, 2.24) is 9.88 Å². The lowest BCUT2D eigenvalue weighted by atomic mass is 9.93. The van der Waals surface area contributed by atoms with Crippen molar-refractivity contribution in [3.63, 3.8) is 0 Å². The van der Waals surface area contributed by atoms with Gasteiger partial charge >= 0.3 is 0 Å². The van der Waals surface area contributed by atoms with E-state index in [0.29, 0.717) is 0 Å². The summed E-state index contributed by atoms with van der Waals surface area (Å²) in [5.41, 5.74) is 8.22. The summed E-state index contributed by atoms with van der Waals surface area (Å²) in [6.07, 6.45) is 9.85. The van der Waals surface area contributed by atoms with Gasteiger partial charge in [-0.3, -0.25) is 9.88 Å². The van der Waals surface area contributed by atoms with Gasteiger partial charge in [0.25, 0.3) is 0 Å². The monoisotopic (exact) mass is 261 g/mol. The first-order valence-corrected chi connectivity index (χ1v) is 7.66. The van der Waals surface area contributed by atoms with E-state index in [1.54, 1.807) is 0 Å². The van der Waals surface area contributed by atoms with Gasteiger partial charge in [0.2, 0.25) is 0 Å². The Morgan fingerprint density at radius 3 is 2.79 bits per heavy atom. The second kappa shape index (κ2) is 7.61. The van der Waals surface area contributed by atoms with Crippen LogP contribution in [0.25, 0.3) is 0 Å². The Balaban J connectivity index is 2.02. The van der Waals surface area contributed by atoms with Gasteiger partial charge in [0, 0.05) is 25.3 Å². The van der Waals surface area contributed by atoms with Gasteiger partial charge in [-0.05, 0) is 44.4 Å². The molecule has 1 aromatic heterocycles. The highest BCUT2D eigenvalue weighted by Crippen LogP contribution is 2.24. The van der Waals surface area contributed by atoms with Gasteiger partial charge in [-0.25, -0.2) is 0 Å². The Kier molecular flexibility index (Phi) is 5.80. The van der Waals surface area contributed by atoms with E-state index in [0.717, 1.165) is 32.1 Å². The SMILES string of the molecule is Cc1cccnc1CN(CCCN)C1CCCCC1. The number of aromatic nitrogens is 1. The summed E-state index contributed by atoms with van der Waals surface area (Å²) >= 11 is 0. The molecule has 0 saturated heterocycles. The molecule has 0 aromatic carbocycles. The third kappa shape index (κ3) is 4.29. The van der Waals surface area contributed by atoms with E-state index in [-0.39, 0.29) is 0 Å². The summed E-state index contributed by atoms with van der Waals surface area (Å²) in [7, 11) is 0. The summed E-state index contributed by atoms with van der Waals surface area (Å²) in [5.74, 6) is 0. The fourth-order valence-corrected chi connectivity index (χ4v) is 3.01. The van der Waals surface area contributed by atoms with Gasteiger partial charge < -0.3 is 5.73 Å². The molecule has 1 heterocycles. The Morgan fingerprint density at radius 2 is 2.11 bits per heavy atom. The minimum absolute atomic E-state index is 0.738. The minimum Gasteiger partial charge on any atom is -0.330 e. The molecule has 0 aliphatic heterocycles. The first kappa shape index (κ1) is 14.5. The van der Waals surface area contributed by atoms with Crippen molar-refractivity contribution in [3.8, 4) is 0 Å². The molecule has 3 nitrogen and oxygen atoms in total. The smallest absolute Gasteiger partial charge is 0.0573 e. The lowest BCUT2D eigenvalue weighted by molar-refractivity contribution is 0.145. The van der Waals surface area contributed by atoms with Crippen LogP contribution < -0.4 is 5.73 Å². The van der Waals surface area contributed by atoms with Crippen LogP contribution in [0.15, 0.2) is 18.3 Å². The first-order chi connectivity index (χ1) is 9.31. The van der Waals surface area contributed by atoms with E-state index in [1.165, 1.54) is 43.4 Å². The quantitative estimate of drug-likeness (QED) is 0.856. The van der Waals surface area contributed by atoms with Crippen molar-refractivity contribution in [1.29, 1.82) is 0 Å². The molecule has 2 rings (SSSR count). The molecule has 3 heteroatoms. The summed E-state index contributed by atoms with van der Waals surface area (Å²) in [6.45, 7) is 5.03. The van der Waals surface area contributed by atoms with Gasteiger partial charge in [-0.15, -0.1) is 0 Å². The zero-order valence-corrected chi connectivity index (χ0v) is 12.1. The van der Waals surface area contributed by atoms with Gasteiger partial charge in [0.15, 0.2) is 0 Å². The number of hydrogen-bond acceptors (Lipinski definition) is 3. The van der Waals surface area contributed by atoms with Crippen LogP contribution in [0.2, 0.25) is 0 Å². The standard InChI is InChI=1S/C16H27N3/c1-14-7-5-11-18-16(14)13-19(12-6-10-17)15-8-3-2-4-9-15/h5,7,11,15H,2-4,6,8-10,12-13,17H2,1H3. The van der Waals surface area contributed by atoms with E-state index < -0.39 is 0 Å². The molecule has 0 unspecified atom stereocenters. The van der Waals surface area contributed by atoms with E-state index >= 15 is 0 Å². The number of hydrogen-bond donors (Lipinski definition) is 1. The predicted molar refractivity (Wildman–Crippen MR) is 79.9 cm³/mol. The van der Waals surface area contributed by atoms with Gasteiger partial charge in [-0.1, -0.05) is 25.3 Å². The molecule has 0 radical (unpaired) electrons. The number of nitrogens with two attached hydrogens (primary N) is 1. The highest BCUT2D eigenvalue weighted by molar-refractivity contribution is 5.17. The van der Waals surface area contributed by atoms with Crippen LogP contribution in [0.5, 0.6) is 0 Å². The van der Waals surface area contributed by atoms with Crippen LogP contribution in [0.3, 0.4) is 0 Å². The van der Waals surface area contributed by atoms with Gasteiger partial charge in [-0.2, -0.15) is 0 Å². The molecule has 1 aromatic rings. The van der Waals surface area contributed by atoms with Crippen molar-refractivity contribution < 1.29 is 0 Å². The van der Waals surface area contributed by atoms with E-state index in [2.05, 4.69) is 22.9 Å². The number of pyridine rings is 1. The molecule has 0 bridgehead atoms. The van der Waals surface area contributed by atoms with Crippen molar-refractivity contribution >= 4 is 0 Å². The fraction of sp³-hybridized carbons (Fsp3) is 0.688. The third-order valence-electron chi connectivity index (χ3n) is 4.21. The highest BCUT2D eigenvalue weighted by Gasteiger charge is 2.21. The van der Waals surface area contributed by atoms with Crippen molar-refractivity contribution in [2.24, 2.45) is 5.73 Å². The van der Waals surface area contributed by atoms with E-state index in [9.17, 15) is 0 Å². The molecular formula is C16H27N3.